The second-order valence-corrected chi connectivity index (χ2v) is 6.55. The predicted octanol–water partition coefficient (Wildman–Crippen LogP) is 2.92. The zero-order chi connectivity index (χ0) is 18.0. The van der Waals surface area contributed by atoms with Crippen LogP contribution < -0.4 is 0 Å². The highest BCUT2D eigenvalue weighted by molar-refractivity contribution is 5.90. The van der Waals surface area contributed by atoms with E-state index in [4.69, 9.17) is 0 Å². The molecule has 1 unspecified atom stereocenters. The number of hydrogen-bond acceptors (Lipinski definition) is 3. The van der Waals surface area contributed by atoms with E-state index in [1.165, 1.54) is 4.68 Å². The average Bonchev–Trinajstić information content (AvgIpc) is 3.10. The number of nitrogens with zero attached hydrogens (tertiary/aromatic N) is 3. The molecular weight excluding hydrogens is 314 g/mol. The van der Waals surface area contributed by atoms with Gasteiger partial charge < -0.3 is 4.90 Å². The minimum absolute atomic E-state index is 0.0232. The molecule has 5 nitrogen and oxygen atoms in total. The lowest BCUT2D eigenvalue weighted by atomic mass is 10.1. The second-order valence-electron chi connectivity index (χ2n) is 6.55. The molecule has 25 heavy (non-hydrogen) atoms. The van der Waals surface area contributed by atoms with Gasteiger partial charge in [-0.15, -0.1) is 6.58 Å². The van der Waals surface area contributed by atoms with Gasteiger partial charge >= 0.3 is 0 Å². The molecule has 0 radical (unpaired) electrons. The van der Waals surface area contributed by atoms with Gasteiger partial charge in [-0.25, -0.2) is 4.68 Å². The van der Waals surface area contributed by atoms with Crippen LogP contribution in [0.25, 0.3) is 0 Å². The Bertz CT molecular complexity index is 808. The highest BCUT2D eigenvalue weighted by Crippen LogP contribution is 2.23. The van der Waals surface area contributed by atoms with E-state index < -0.39 is 0 Å². The average molecular weight is 337 g/mol. The van der Waals surface area contributed by atoms with Crippen molar-refractivity contribution in [2.45, 2.75) is 33.2 Å². The Labute approximate surface area is 147 Å². The van der Waals surface area contributed by atoms with Crippen LogP contribution in [0.1, 0.15) is 33.7 Å². The zero-order valence-corrected chi connectivity index (χ0v) is 14.7. The van der Waals surface area contributed by atoms with Gasteiger partial charge in [0.1, 0.15) is 0 Å². The van der Waals surface area contributed by atoms with Gasteiger partial charge in [0.05, 0.1) is 11.6 Å². The SMILES string of the molecule is C=CCc1c(C)nn(C(=O)C2CC(=O)N(Cc3ccccc3)C2)c1C. The number of rotatable bonds is 5. The smallest absolute Gasteiger partial charge is 0.252 e. The van der Waals surface area contributed by atoms with Gasteiger partial charge in [-0.05, 0) is 25.8 Å². The summed E-state index contributed by atoms with van der Waals surface area (Å²) in [6.07, 6.45) is 2.75. The van der Waals surface area contributed by atoms with Gasteiger partial charge in [0.15, 0.2) is 0 Å². The monoisotopic (exact) mass is 337 g/mol. The van der Waals surface area contributed by atoms with Gasteiger partial charge in [-0.1, -0.05) is 36.4 Å². The number of aryl methyl sites for hydroxylation is 1. The van der Waals surface area contributed by atoms with Gasteiger partial charge in [-0.3, -0.25) is 9.59 Å². The minimum atomic E-state index is -0.342. The molecule has 1 fully saturated rings. The highest BCUT2D eigenvalue weighted by atomic mass is 16.2. The molecule has 1 aliphatic heterocycles. The van der Waals surface area contributed by atoms with E-state index in [0.29, 0.717) is 19.5 Å². The Morgan fingerprint density at radius 3 is 2.72 bits per heavy atom. The molecule has 1 aromatic carbocycles. The van der Waals surface area contributed by atoms with Crippen LogP contribution in [0.4, 0.5) is 0 Å². The molecule has 1 aliphatic rings. The first-order chi connectivity index (χ1) is 12.0. The molecule has 1 amide bonds. The maximum absolute atomic E-state index is 12.9. The minimum Gasteiger partial charge on any atom is -0.338 e. The van der Waals surface area contributed by atoms with Crippen molar-refractivity contribution in [2.75, 3.05) is 6.54 Å². The second kappa shape index (κ2) is 7.05. The van der Waals surface area contributed by atoms with Crippen molar-refractivity contribution in [3.63, 3.8) is 0 Å². The van der Waals surface area contributed by atoms with E-state index in [1.807, 2.05) is 50.3 Å². The summed E-state index contributed by atoms with van der Waals surface area (Å²) in [5.41, 5.74) is 3.80. The molecule has 0 aliphatic carbocycles. The quantitative estimate of drug-likeness (QED) is 0.788. The van der Waals surface area contributed by atoms with E-state index in [1.54, 1.807) is 4.90 Å². The van der Waals surface area contributed by atoms with Crippen LogP contribution in [0, 0.1) is 19.8 Å². The molecular formula is C20H23N3O2. The number of carbonyl (C=O) groups is 2. The molecule has 3 rings (SSSR count). The van der Waals surface area contributed by atoms with E-state index in [9.17, 15) is 9.59 Å². The number of hydrogen-bond donors (Lipinski definition) is 0. The third kappa shape index (κ3) is 3.40. The molecule has 2 heterocycles. The normalized spacial score (nSPS) is 17.1. The maximum Gasteiger partial charge on any atom is 0.252 e. The standard InChI is InChI=1S/C20H23N3O2/c1-4-8-18-14(2)21-23(15(18)3)20(25)17-11-19(24)22(13-17)12-16-9-6-5-7-10-16/h4-7,9-10,17H,1,8,11-13H2,2-3H3. The van der Waals surface area contributed by atoms with Crippen molar-refractivity contribution in [1.82, 2.24) is 14.7 Å². The summed E-state index contributed by atoms with van der Waals surface area (Å²) in [4.78, 5) is 27.0. The number of likely N-dealkylation sites (tertiary alicyclic amines) is 1. The van der Waals surface area contributed by atoms with Gasteiger partial charge in [0.2, 0.25) is 5.91 Å². The predicted molar refractivity (Wildman–Crippen MR) is 96.2 cm³/mol. The molecule has 1 saturated heterocycles. The molecule has 2 aromatic rings. The third-order valence-corrected chi connectivity index (χ3v) is 4.78. The van der Waals surface area contributed by atoms with Crippen molar-refractivity contribution in [3.05, 3.63) is 65.5 Å². The molecule has 5 heteroatoms. The van der Waals surface area contributed by atoms with Crippen LogP contribution in [0.15, 0.2) is 43.0 Å². The largest absolute Gasteiger partial charge is 0.338 e. The number of carbonyl (C=O) groups excluding carboxylic acids is 2. The Kier molecular flexibility index (Phi) is 4.83. The number of benzene rings is 1. The summed E-state index contributed by atoms with van der Waals surface area (Å²) in [5, 5.41) is 4.40. The summed E-state index contributed by atoms with van der Waals surface area (Å²) in [7, 11) is 0. The lowest BCUT2D eigenvalue weighted by Gasteiger charge is -2.16. The van der Waals surface area contributed by atoms with Crippen LogP contribution in [0.5, 0.6) is 0 Å². The van der Waals surface area contributed by atoms with Crippen molar-refractivity contribution < 1.29 is 9.59 Å². The molecule has 0 N–H and O–H groups in total. The van der Waals surface area contributed by atoms with Crippen LogP contribution in [-0.2, 0) is 17.8 Å². The molecule has 1 aromatic heterocycles. The lowest BCUT2D eigenvalue weighted by molar-refractivity contribution is -0.128. The van der Waals surface area contributed by atoms with Crippen molar-refractivity contribution in [3.8, 4) is 0 Å². The van der Waals surface area contributed by atoms with E-state index >= 15 is 0 Å². The third-order valence-electron chi connectivity index (χ3n) is 4.78. The Hall–Kier alpha value is -2.69. The maximum atomic E-state index is 12.9. The highest BCUT2D eigenvalue weighted by Gasteiger charge is 2.36. The summed E-state index contributed by atoms with van der Waals surface area (Å²) in [5.74, 6) is -0.416. The lowest BCUT2D eigenvalue weighted by Crippen LogP contribution is -2.28. The molecule has 130 valence electrons. The Balaban J connectivity index is 1.75. The first-order valence-electron chi connectivity index (χ1n) is 8.53. The summed E-state index contributed by atoms with van der Waals surface area (Å²) in [6, 6.07) is 9.84. The van der Waals surface area contributed by atoms with Crippen molar-refractivity contribution in [2.24, 2.45) is 5.92 Å². The molecule has 1 atom stereocenters. The fourth-order valence-electron chi connectivity index (χ4n) is 3.40. The number of amides is 1. The van der Waals surface area contributed by atoms with E-state index in [-0.39, 0.29) is 24.2 Å². The number of aromatic nitrogens is 2. The molecule has 0 spiro atoms. The Morgan fingerprint density at radius 1 is 1.32 bits per heavy atom. The summed E-state index contributed by atoms with van der Waals surface area (Å²) < 4.78 is 1.47. The first-order valence-corrected chi connectivity index (χ1v) is 8.53. The Morgan fingerprint density at radius 2 is 2.04 bits per heavy atom. The van der Waals surface area contributed by atoms with Crippen molar-refractivity contribution in [1.29, 1.82) is 0 Å². The van der Waals surface area contributed by atoms with Gasteiger partial charge in [-0.2, -0.15) is 5.10 Å². The van der Waals surface area contributed by atoms with Crippen LogP contribution in [-0.4, -0.2) is 33.0 Å². The van der Waals surface area contributed by atoms with Gasteiger partial charge in [0, 0.05) is 30.8 Å². The summed E-state index contributed by atoms with van der Waals surface area (Å²) >= 11 is 0. The molecule has 0 bridgehead atoms. The molecule has 0 saturated carbocycles. The van der Waals surface area contributed by atoms with Crippen molar-refractivity contribution >= 4 is 11.8 Å². The van der Waals surface area contributed by atoms with Crippen LogP contribution >= 0.6 is 0 Å². The van der Waals surface area contributed by atoms with Crippen LogP contribution in [0.2, 0.25) is 0 Å². The summed E-state index contributed by atoms with van der Waals surface area (Å²) in [6.45, 7) is 8.54. The zero-order valence-electron chi connectivity index (χ0n) is 14.7. The first kappa shape index (κ1) is 17.1. The van der Waals surface area contributed by atoms with Crippen LogP contribution in [0.3, 0.4) is 0 Å². The van der Waals surface area contributed by atoms with Gasteiger partial charge in [0.25, 0.3) is 5.91 Å². The van der Waals surface area contributed by atoms with E-state index in [2.05, 4.69) is 11.7 Å². The fourth-order valence-corrected chi connectivity index (χ4v) is 3.40. The fraction of sp³-hybridized carbons (Fsp3) is 0.350. The number of allylic oxidation sites excluding steroid dienone is 1. The topological polar surface area (TPSA) is 55.2 Å². The van der Waals surface area contributed by atoms with E-state index in [0.717, 1.165) is 22.5 Å².